The number of nitrogens with zero attached hydrogens (tertiary/aromatic N) is 3. The van der Waals surface area contributed by atoms with Crippen LogP contribution in [0.4, 0.5) is 10.1 Å². The molecule has 0 unspecified atom stereocenters. The molecule has 0 fully saturated rings. The molecule has 0 bridgehead atoms. The van der Waals surface area contributed by atoms with Gasteiger partial charge in [0, 0.05) is 7.05 Å². The molecule has 0 aliphatic carbocycles. The molecule has 0 atom stereocenters. The summed E-state index contributed by atoms with van der Waals surface area (Å²) in [6.45, 7) is 0. The summed E-state index contributed by atoms with van der Waals surface area (Å²) >= 11 is 0. The van der Waals surface area contributed by atoms with E-state index in [9.17, 15) is 4.39 Å². The summed E-state index contributed by atoms with van der Waals surface area (Å²) < 4.78 is 14.5. The summed E-state index contributed by atoms with van der Waals surface area (Å²) in [5.74, 6) is -0.279. The lowest BCUT2D eigenvalue weighted by Crippen LogP contribution is -2.00. The zero-order valence-electron chi connectivity index (χ0n) is 7.61. The Morgan fingerprint density at radius 2 is 2.29 bits per heavy atom. The van der Waals surface area contributed by atoms with Gasteiger partial charge in [0.1, 0.15) is 18.5 Å². The molecule has 0 saturated carbocycles. The van der Waals surface area contributed by atoms with Crippen LogP contribution in [0.25, 0.3) is 5.69 Å². The van der Waals surface area contributed by atoms with Gasteiger partial charge in [0.25, 0.3) is 0 Å². The van der Waals surface area contributed by atoms with E-state index >= 15 is 0 Å². The molecule has 4 nitrogen and oxygen atoms in total. The highest BCUT2D eigenvalue weighted by Crippen LogP contribution is 2.19. The fourth-order valence-electron chi connectivity index (χ4n) is 1.24. The Hall–Kier alpha value is -1.91. The van der Waals surface area contributed by atoms with Gasteiger partial charge in [-0.05, 0) is 18.2 Å². The standard InChI is InChI=1S/C9H9FN4/c1-11-8-4-7(10)2-3-9(8)14-6-12-5-13-14/h2-6,11H,1H3. The monoisotopic (exact) mass is 192 g/mol. The number of nitrogens with one attached hydrogen (secondary N) is 1. The summed E-state index contributed by atoms with van der Waals surface area (Å²) in [6, 6.07) is 4.45. The van der Waals surface area contributed by atoms with E-state index in [0.29, 0.717) is 5.69 Å². The Balaban J connectivity index is 2.53. The second-order valence-corrected chi connectivity index (χ2v) is 2.75. The van der Waals surface area contributed by atoms with Crippen LogP contribution in [0.15, 0.2) is 30.9 Å². The van der Waals surface area contributed by atoms with Gasteiger partial charge in [-0.15, -0.1) is 0 Å². The van der Waals surface area contributed by atoms with E-state index < -0.39 is 0 Å². The summed E-state index contributed by atoms with van der Waals surface area (Å²) in [4.78, 5) is 3.83. The highest BCUT2D eigenvalue weighted by molar-refractivity contribution is 5.60. The first-order chi connectivity index (χ1) is 6.81. The SMILES string of the molecule is CNc1cc(F)ccc1-n1cncn1. The van der Waals surface area contributed by atoms with E-state index in [2.05, 4.69) is 15.4 Å². The van der Waals surface area contributed by atoms with Crippen molar-refractivity contribution in [2.75, 3.05) is 12.4 Å². The maximum atomic E-state index is 12.9. The molecule has 5 heteroatoms. The quantitative estimate of drug-likeness (QED) is 0.783. The molecule has 0 amide bonds. The van der Waals surface area contributed by atoms with Gasteiger partial charge in [-0.25, -0.2) is 14.1 Å². The molecule has 1 aromatic carbocycles. The first-order valence-corrected chi connectivity index (χ1v) is 4.13. The Morgan fingerprint density at radius 3 is 2.93 bits per heavy atom. The molecule has 0 aliphatic rings. The molecule has 0 radical (unpaired) electrons. The first kappa shape index (κ1) is 8.68. The van der Waals surface area contributed by atoms with Crippen LogP contribution in [0.1, 0.15) is 0 Å². The third-order valence-electron chi connectivity index (χ3n) is 1.89. The number of aromatic nitrogens is 3. The zero-order chi connectivity index (χ0) is 9.97. The largest absolute Gasteiger partial charge is 0.386 e. The topological polar surface area (TPSA) is 42.7 Å². The van der Waals surface area contributed by atoms with Crippen LogP contribution in [-0.4, -0.2) is 21.8 Å². The molecule has 2 aromatic rings. The van der Waals surface area contributed by atoms with Crippen LogP contribution in [0.5, 0.6) is 0 Å². The maximum Gasteiger partial charge on any atom is 0.138 e. The number of hydrogen-bond acceptors (Lipinski definition) is 3. The van der Waals surface area contributed by atoms with Crippen molar-refractivity contribution in [3.05, 3.63) is 36.7 Å². The fourth-order valence-corrected chi connectivity index (χ4v) is 1.24. The van der Waals surface area contributed by atoms with Gasteiger partial charge >= 0.3 is 0 Å². The molecule has 72 valence electrons. The first-order valence-electron chi connectivity index (χ1n) is 4.13. The zero-order valence-corrected chi connectivity index (χ0v) is 7.61. The number of benzene rings is 1. The van der Waals surface area contributed by atoms with Crippen LogP contribution in [0.3, 0.4) is 0 Å². The fraction of sp³-hybridized carbons (Fsp3) is 0.111. The van der Waals surface area contributed by atoms with Crippen LogP contribution in [0.2, 0.25) is 0 Å². The second kappa shape index (κ2) is 3.45. The highest BCUT2D eigenvalue weighted by atomic mass is 19.1. The van der Waals surface area contributed by atoms with E-state index in [0.717, 1.165) is 5.69 Å². The number of anilines is 1. The van der Waals surface area contributed by atoms with E-state index in [1.54, 1.807) is 24.1 Å². The molecule has 0 spiro atoms. The van der Waals surface area contributed by atoms with Gasteiger partial charge in [0.05, 0.1) is 11.4 Å². The summed E-state index contributed by atoms with van der Waals surface area (Å²) in [7, 11) is 1.73. The van der Waals surface area contributed by atoms with Gasteiger partial charge in [0.15, 0.2) is 0 Å². The van der Waals surface area contributed by atoms with E-state index in [4.69, 9.17) is 0 Å². The van der Waals surface area contributed by atoms with Crippen LogP contribution in [-0.2, 0) is 0 Å². The minimum atomic E-state index is -0.279. The summed E-state index contributed by atoms with van der Waals surface area (Å²) in [5.41, 5.74) is 1.45. The molecular weight excluding hydrogens is 183 g/mol. The summed E-state index contributed by atoms with van der Waals surface area (Å²) in [5, 5.41) is 6.86. The number of hydrogen-bond donors (Lipinski definition) is 1. The molecule has 1 aromatic heterocycles. The third kappa shape index (κ3) is 1.44. The molecule has 14 heavy (non-hydrogen) atoms. The molecular formula is C9H9FN4. The minimum Gasteiger partial charge on any atom is -0.386 e. The van der Waals surface area contributed by atoms with Crippen LogP contribution in [0, 0.1) is 5.82 Å². The smallest absolute Gasteiger partial charge is 0.138 e. The van der Waals surface area contributed by atoms with Crippen molar-refractivity contribution in [1.29, 1.82) is 0 Å². The van der Waals surface area contributed by atoms with Gasteiger partial charge in [0.2, 0.25) is 0 Å². The van der Waals surface area contributed by atoms with Gasteiger partial charge in [-0.3, -0.25) is 0 Å². The predicted octanol–water partition coefficient (Wildman–Crippen LogP) is 1.45. The van der Waals surface area contributed by atoms with Crippen LogP contribution >= 0.6 is 0 Å². The van der Waals surface area contributed by atoms with Crippen molar-refractivity contribution in [3.63, 3.8) is 0 Å². The van der Waals surface area contributed by atoms with Crippen molar-refractivity contribution >= 4 is 5.69 Å². The molecule has 1 N–H and O–H groups in total. The Labute approximate surface area is 80.4 Å². The van der Waals surface area contributed by atoms with Crippen molar-refractivity contribution in [2.24, 2.45) is 0 Å². The molecule has 0 saturated heterocycles. The molecule has 1 heterocycles. The Morgan fingerprint density at radius 1 is 1.43 bits per heavy atom. The second-order valence-electron chi connectivity index (χ2n) is 2.75. The average molecular weight is 192 g/mol. The Bertz CT molecular complexity index is 424. The van der Waals surface area contributed by atoms with Gasteiger partial charge < -0.3 is 5.32 Å². The summed E-state index contributed by atoms with van der Waals surface area (Å²) in [6.07, 6.45) is 3.00. The molecule has 2 rings (SSSR count). The maximum absolute atomic E-state index is 12.9. The van der Waals surface area contributed by atoms with Gasteiger partial charge in [-0.2, -0.15) is 5.10 Å². The van der Waals surface area contributed by atoms with E-state index in [1.807, 2.05) is 0 Å². The van der Waals surface area contributed by atoms with Crippen LogP contribution < -0.4 is 5.32 Å². The number of halogens is 1. The molecule has 0 aliphatic heterocycles. The Kier molecular flexibility index (Phi) is 2.14. The normalized spacial score (nSPS) is 10.1. The van der Waals surface area contributed by atoms with Crippen molar-refractivity contribution in [3.8, 4) is 5.69 Å². The van der Waals surface area contributed by atoms with E-state index in [1.165, 1.54) is 18.5 Å². The van der Waals surface area contributed by atoms with Crippen molar-refractivity contribution < 1.29 is 4.39 Å². The average Bonchev–Trinajstić information content (AvgIpc) is 2.70. The van der Waals surface area contributed by atoms with Crippen molar-refractivity contribution in [2.45, 2.75) is 0 Å². The lowest BCUT2D eigenvalue weighted by atomic mass is 10.2. The van der Waals surface area contributed by atoms with E-state index in [-0.39, 0.29) is 5.82 Å². The highest BCUT2D eigenvalue weighted by Gasteiger charge is 2.04. The number of rotatable bonds is 2. The third-order valence-corrected chi connectivity index (χ3v) is 1.89. The minimum absolute atomic E-state index is 0.279. The van der Waals surface area contributed by atoms with Gasteiger partial charge in [-0.1, -0.05) is 0 Å². The predicted molar refractivity (Wildman–Crippen MR) is 50.9 cm³/mol. The lowest BCUT2D eigenvalue weighted by molar-refractivity contribution is 0.627. The lowest BCUT2D eigenvalue weighted by Gasteiger charge is -2.07. The van der Waals surface area contributed by atoms with Crippen molar-refractivity contribution in [1.82, 2.24) is 14.8 Å².